The molecule has 3 aromatic rings. The Morgan fingerprint density at radius 2 is 1.64 bits per heavy atom. The van der Waals surface area contributed by atoms with Gasteiger partial charge >= 0.3 is 0 Å². The Morgan fingerprint density at radius 3 is 2.33 bits per heavy atom. The predicted molar refractivity (Wildman–Crippen MR) is 131 cm³/mol. The van der Waals surface area contributed by atoms with Crippen LogP contribution < -0.4 is 15.0 Å². The summed E-state index contributed by atoms with van der Waals surface area (Å²) in [5.74, 6) is 0.446. The Bertz CT molecular complexity index is 1130. The molecule has 7 heteroatoms. The Kier molecular flexibility index (Phi) is 7.15. The number of amides is 2. The first-order valence-electron chi connectivity index (χ1n) is 10.9. The largest absolute Gasteiger partial charge is 0.484 e. The van der Waals surface area contributed by atoms with Crippen molar-refractivity contribution < 1.29 is 14.3 Å². The van der Waals surface area contributed by atoms with Crippen LogP contribution >= 0.6 is 11.6 Å². The lowest BCUT2D eigenvalue weighted by Crippen LogP contribution is -2.49. The molecule has 170 valence electrons. The molecular formula is C26H26ClN3O3. The number of hydrogen-bond acceptors (Lipinski definition) is 4. The third-order valence-electron chi connectivity index (χ3n) is 5.63. The lowest BCUT2D eigenvalue weighted by atomic mass is 10.1. The van der Waals surface area contributed by atoms with Crippen LogP contribution in [0.15, 0.2) is 72.8 Å². The number of benzene rings is 3. The molecule has 33 heavy (non-hydrogen) atoms. The van der Waals surface area contributed by atoms with Crippen molar-refractivity contribution >= 4 is 34.8 Å². The van der Waals surface area contributed by atoms with Crippen molar-refractivity contribution in [3.63, 3.8) is 0 Å². The van der Waals surface area contributed by atoms with E-state index in [1.165, 1.54) is 0 Å². The van der Waals surface area contributed by atoms with E-state index in [9.17, 15) is 9.59 Å². The minimum atomic E-state index is -0.258. The van der Waals surface area contributed by atoms with Crippen LogP contribution in [0.1, 0.15) is 15.9 Å². The fourth-order valence-electron chi connectivity index (χ4n) is 3.84. The second-order valence-electron chi connectivity index (χ2n) is 7.91. The Labute approximate surface area is 198 Å². The number of anilines is 2. The molecule has 1 aliphatic rings. The average Bonchev–Trinajstić information content (AvgIpc) is 2.84. The molecule has 0 bridgehead atoms. The van der Waals surface area contributed by atoms with Gasteiger partial charge in [-0.3, -0.25) is 9.59 Å². The van der Waals surface area contributed by atoms with Crippen molar-refractivity contribution in [2.24, 2.45) is 0 Å². The number of carbonyl (C=O) groups is 2. The number of aryl methyl sites for hydroxylation is 1. The van der Waals surface area contributed by atoms with Gasteiger partial charge in [-0.2, -0.15) is 0 Å². The van der Waals surface area contributed by atoms with Gasteiger partial charge in [0.15, 0.2) is 6.61 Å². The van der Waals surface area contributed by atoms with Crippen LogP contribution in [0.25, 0.3) is 0 Å². The normalized spacial score (nSPS) is 13.5. The van der Waals surface area contributed by atoms with Gasteiger partial charge < -0.3 is 19.9 Å². The molecule has 6 nitrogen and oxygen atoms in total. The second kappa shape index (κ2) is 10.4. The van der Waals surface area contributed by atoms with E-state index in [4.69, 9.17) is 16.3 Å². The molecule has 0 aliphatic carbocycles. The highest BCUT2D eigenvalue weighted by atomic mass is 35.5. The Hall–Kier alpha value is -3.51. The molecule has 2 amide bonds. The van der Waals surface area contributed by atoms with Crippen molar-refractivity contribution in [3.8, 4) is 5.75 Å². The number of ether oxygens (including phenoxy) is 1. The molecule has 0 radical (unpaired) electrons. The lowest BCUT2D eigenvalue weighted by molar-refractivity contribution is -0.118. The SMILES string of the molecule is Cc1ccccc1C(=O)N1CCN(c2ccc(NC(=O)COc3ccccc3)cc2Cl)CC1. The maximum atomic E-state index is 12.9. The van der Waals surface area contributed by atoms with Crippen LogP contribution in [0.3, 0.4) is 0 Å². The van der Waals surface area contributed by atoms with E-state index in [-0.39, 0.29) is 18.4 Å². The highest BCUT2D eigenvalue weighted by molar-refractivity contribution is 6.33. The third kappa shape index (κ3) is 5.65. The molecule has 0 spiro atoms. The first-order chi connectivity index (χ1) is 16.0. The number of hydrogen-bond donors (Lipinski definition) is 1. The maximum Gasteiger partial charge on any atom is 0.262 e. The van der Waals surface area contributed by atoms with Crippen LogP contribution in [0.4, 0.5) is 11.4 Å². The van der Waals surface area contributed by atoms with Crippen LogP contribution in [0.5, 0.6) is 5.75 Å². The average molecular weight is 464 g/mol. The van der Waals surface area contributed by atoms with Crippen molar-refractivity contribution in [1.82, 2.24) is 4.90 Å². The van der Waals surface area contributed by atoms with E-state index in [2.05, 4.69) is 10.2 Å². The van der Waals surface area contributed by atoms with E-state index in [1.807, 2.05) is 66.4 Å². The van der Waals surface area contributed by atoms with Crippen molar-refractivity contribution in [1.29, 1.82) is 0 Å². The van der Waals surface area contributed by atoms with Crippen LogP contribution in [0.2, 0.25) is 5.02 Å². The topological polar surface area (TPSA) is 61.9 Å². The summed E-state index contributed by atoms with van der Waals surface area (Å²) < 4.78 is 5.47. The van der Waals surface area contributed by atoms with Gasteiger partial charge in [-0.05, 0) is 48.9 Å². The van der Waals surface area contributed by atoms with E-state index >= 15 is 0 Å². The molecule has 3 aromatic carbocycles. The zero-order valence-corrected chi connectivity index (χ0v) is 19.2. The summed E-state index contributed by atoms with van der Waals surface area (Å²) in [4.78, 5) is 29.1. The highest BCUT2D eigenvalue weighted by Gasteiger charge is 2.24. The highest BCUT2D eigenvalue weighted by Crippen LogP contribution is 2.30. The van der Waals surface area contributed by atoms with Gasteiger partial charge in [0.2, 0.25) is 0 Å². The van der Waals surface area contributed by atoms with Crippen LogP contribution in [-0.4, -0.2) is 49.5 Å². The minimum absolute atomic E-state index is 0.0645. The molecule has 0 unspecified atom stereocenters. The number of rotatable bonds is 6. The molecule has 1 fully saturated rings. The van der Waals surface area contributed by atoms with Gasteiger partial charge in [-0.15, -0.1) is 0 Å². The van der Waals surface area contributed by atoms with Gasteiger partial charge in [-0.1, -0.05) is 48.0 Å². The molecule has 1 heterocycles. The lowest BCUT2D eigenvalue weighted by Gasteiger charge is -2.36. The summed E-state index contributed by atoms with van der Waals surface area (Å²) in [6, 6.07) is 22.3. The quantitative estimate of drug-likeness (QED) is 0.579. The molecule has 1 N–H and O–H groups in total. The Morgan fingerprint density at radius 1 is 0.939 bits per heavy atom. The minimum Gasteiger partial charge on any atom is -0.484 e. The monoisotopic (exact) mass is 463 g/mol. The van der Waals surface area contributed by atoms with Gasteiger partial charge in [0.25, 0.3) is 11.8 Å². The van der Waals surface area contributed by atoms with E-state index in [0.717, 1.165) is 16.8 Å². The van der Waals surface area contributed by atoms with Crippen LogP contribution in [0, 0.1) is 6.92 Å². The van der Waals surface area contributed by atoms with Gasteiger partial charge in [0.1, 0.15) is 5.75 Å². The molecule has 1 saturated heterocycles. The maximum absolute atomic E-state index is 12.9. The molecule has 4 rings (SSSR count). The Balaban J connectivity index is 1.32. The summed E-state index contributed by atoms with van der Waals surface area (Å²) in [5.41, 5.74) is 3.23. The molecule has 0 saturated carbocycles. The second-order valence-corrected chi connectivity index (χ2v) is 8.32. The van der Waals surface area contributed by atoms with Crippen molar-refractivity contribution in [2.45, 2.75) is 6.92 Å². The zero-order chi connectivity index (χ0) is 23.2. The first-order valence-corrected chi connectivity index (χ1v) is 11.3. The first kappa shape index (κ1) is 22.7. The summed E-state index contributed by atoms with van der Waals surface area (Å²) in [7, 11) is 0. The standard InChI is InChI=1S/C26H26ClN3O3/c1-19-7-5-6-10-22(19)26(32)30-15-13-29(14-16-30)24-12-11-20(17-23(24)27)28-25(31)18-33-21-8-3-2-4-9-21/h2-12,17H,13-16,18H2,1H3,(H,28,31). The molecule has 0 aromatic heterocycles. The summed E-state index contributed by atoms with van der Waals surface area (Å²) in [6.07, 6.45) is 0. The number of nitrogens with zero attached hydrogens (tertiary/aromatic N) is 2. The third-order valence-corrected chi connectivity index (χ3v) is 5.93. The zero-order valence-electron chi connectivity index (χ0n) is 18.5. The van der Waals surface area contributed by atoms with Gasteiger partial charge in [0, 0.05) is 37.4 Å². The number of piperazine rings is 1. The van der Waals surface area contributed by atoms with Crippen molar-refractivity contribution in [2.75, 3.05) is 43.0 Å². The predicted octanol–water partition coefficient (Wildman–Crippen LogP) is 4.63. The van der Waals surface area contributed by atoms with Gasteiger partial charge in [-0.25, -0.2) is 0 Å². The number of halogens is 1. The van der Waals surface area contributed by atoms with E-state index < -0.39 is 0 Å². The smallest absolute Gasteiger partial charge is 0.262 e. The molecule has 1 aliphatic heterocycles. The summed E-state index contributed by atoms with van der Waals surface area (Å²) in [6.45, 7) is 4.50. The van der Waals surface area contributed by atoms with Crippen molar-refractivity contribution in [3.05, 3.63) is 88.9 Å². The summed E-state index contributed by atoms with van der Waals surface area (Å²) >= 11 is 6.53. The molecule has 0 atom stereocenters. The van der Waals surface area contributed by atoms with E-state index in [0.29, 0.717) is 42.6 Å². The fourth-order valence-corrected chi connectivity index (χ4v) is 4.14. The van der Waals surface area contributed by atoms with Gasteiger partial charge in [0.05, 0.1) is 10.7 Å². The van der Waals surface area contributed by atoms with Crippen LogP contribution in [-0.2, 0) is 4.79 Å². The number of nitrogens with one attached hydrogen (secondary N) is 1. The number of carbonyl (C=O) groups excluding carboxylic acids is 2. The molecular weight excluding hydrogens is 438 g/mol. The fraction of sp³-hybridized carbons (Fsp3) is 0.231. The number of para-hydroxylation sites is 1. The van der Waals surface area contributed by atoms with E-state index in [1.54, 1.807) is 18.2 Å². The summed E-state index contributed by atoms with van der Waals surface area (Å²) in [5, 5.41) is 3.36.